The van der Waals surface area contributed by atoms with Gasteiger partial charge in [0.2, 0.25) is 0 Å². The third-order valence-corrected chi connectivity index (χ3v) is 4.36. The van der Waals surface area contributed by atoms with Gasteiger partial charge in [0.05, 0.1) is 6.42 Å². The minimum atomic E-state index is -2.98. The Morgan fingerprint density at radius 3 is 2.30 bits per heavy atom. The normalized spacial score (nSPS) is 14.3. The molecule has 2 rings (SSSR count). The van der Waals surface area contributed by atoms with E-state index in [4.69, 9.17) is 0 Å². The fourth-order valence-electron chi connectivity index (χ4n) is 2.04. The van der Waals surface area contributed by atoms with E-state index in [1.165, 1.54) is 6.20 Å². The maximum Gasteiger partial charge on any atom is 0.529 e. The minimum Gasteiger partial charge on any atom is -0.477 e. The summed E-state index contributed by atoms with van der Waals surface area (Å²) in [6.45, 7) is 0. The van der Waals surface area contributed by atoms with E-state index in [9.17, 15) is 19.4 Å². The third kappa shape index (κ3) is 2.59. The van der Waals surface area contributed by atoms with Crippen LogP contribution in [0.1, 0.15) is 11.3 Å². The number of carboxylic acids is 1. The van der Waals surface area contributed by atoms with Gasteiger partial charge in [-0.05, 0) is 16.7 Å². The highest BCUT2D eigenvalue weighted by Crippen LogP contribution is 2.47. The zero-order chi connectivity index (χ0) is 14.6. The molecule has 1 aromatic heterocycles. The molecule has 2 unspecified atom stereocenters. The van der Waals surface area contributed by atoms with Crippen LogP contribution in [0.25, 0.3) is 0 Å². The molecule has 102 valence electrons. The number of benzene rings is 1. The Labute approximate surface area is 116 Å². The van der Waals surface area contributed by atoms with Crippen LogP contribution in [0.2, 0.25) is 0 Å². The highest BCUT2D eigenvalue weighted by atomic mass is 31.1. The zero-order valence-corrected chi connectivity index (χ0v) is 11.4. The van der Waals surface area contributed by atoms with Crippen molar-refractivity contribution >= 4 is 14.0 Å². The molecular weight excluding hydrogens is 277 g/mol. The van der Waals surface area contributed by atoms with Gasteiger partial charge < -0.3 is 5.11 Å². The summed E-state index contributed by atoms with van der Waals surface area (Å²) in [5.41, 5.74) is 0.748. The highest BCUT2D eigenvalue weighted by molar-refractivity contribution is 7.41. The van der Waals surface area contributed by atoms with Crippen molar-refractivity contribution < 1.29 is 19.4 Å². The largest absolute Gasteiger partial charge is 0.529 e. The Morgan fingerprint density at radius 2 is 1.80 bits per heavy atom. The van der Waals surface area contributed by atoms with Crippen molar-refractivity contribution in [1.29, 1.82) is 0 Å². The first-order valence-corrected chi connectivity index (χ1v) is 7.13. The lowest BCUT2D eigenvalue weighted by atomic mass is 9.93. The van der Waals surface area contributed by atoms with Crippen LogP contribution in [0.15, 0.2) is 54.7 Å². The number of hydrogen-bond donors (Lipinski definition) is 2. The molecule has 0 spiro atoms. The van der Waals surface area contributed by atoms with Gasteiger partial charge in [0.1, 0.15) is 0 Å². The molecule has 0 aliphatic rings. The van der Waals surface area contributed by atoms with E-state index in [0.29, 0.717) is 11.3 Å². The summed E-state index contributed by atoms with van der Waals surface area (Å²) in [6.07, 6.45) is 1.39. The van der Waals surface area contributed by atoms with Gasteiger partial charge in [0, 0.05) is 17.5 Å². The second kappa shape index (κ2) is 5.90. The van der Waals surface area contributed by atoms with Crippen LogP contribution in [0.5, 0.6) is 0 Å². The van der Waals surface area contributed by atoms with Crippen molar-refractivity contribution in [2.24, 2.45) is 0 Å². The first-order chi connectivity index (χ1) is 9.57. The minimum absolute atomic E-state index is 0.140. The molecular formula is C14H13NO4P+. The van der Waals surface area contributed by atoms with Crippen LogP contribution in [-0.2, 0) is 20.9 Å². The summed E-state index contributed by atoms with van der Waals surface area (Å²) in [6, 6.07) is 13.1. The molecule has 5 nitrogen and oxygen atoms in total. The molecule has 0 aliphatic carbocycles. The summed E-state index contributed by atoms with van der Waals surface area (Å²) in [5, 5.41) is 7.65. The van der Waals surface area contributed by atoms with Crippen molar-refractivity contribution in [2.75, 3.05) is 0 Å². The van der Waals surface area contributed by atoms with Crippen LogP contribution in [0.4, 0.5) is 0 Å². The smallest absolute Gasteiger partial charge is 0.477 e. The fraction of sp³-hybridized carbons (Fsp3) is 0.143. The first kappa shape index (κ1) is 14.3. The molecule has 0 fully saturated rings. The molecule has 2 N–H and O–H groups in total. The monoisotopic (exact) mass is 290 g/mol. The van der Waals surface area contributed by atoms with Crippen LogP contribution in [0.3, 0.4) is 0 Å². The number of nitrogens with zero attached hydrogens (tertiary/aromatic N) is 1. The number of hydrogen-bond acceptors (Lipinski definition) is 3. The molecule has 20 heavy (non-hydrogen) atoms. The van der Waals surface area contributed by atoms with Crippen LogP contribution in [0, 0.1) is 0 Å². The Balaban J connectivity index is 2.55. The zero-order valence-electron chi connectivity index (χ0n) is 10.5. The average Bonchev–Trinajstić information content (AvgIpc) is 2.46. The molecule has 6 heteroatoms. The van der Waals surface area contributed by atoms with Gasteiger partial charge in [0.25, 0.3) is 0 Å². The van der Waals surface area contributed by atoms with E-state index in [1.807, 2.05) is 0 Å². The van der Waals surface area contributed by atoms with Gasteiger partial charge >= 0.3 is 19.2 Å². The number of pyridine rings is 1. The van der Waals surface area contributed by atoms with Gasteiger partial charge in [-0.3, -0.25) is 4.98 Å². The van der Waals surface area contributed by atoms with Crippen molar-refractivity contribution in [1.82, 2.24) is 4.98 Å². The van der Waals surface area contributed by atoms with Gasteiger partial charge in [-0.25, -0.2) is 4.79 Å². The maximum absolute atomic E-state index is 11.8. The number of carbonyl (C=O) groups is 1. The van der Waals surface area contributed by atoms with Gasteiger partial charge in [-0.1, -0.05) is 36.4 Å². The van der Waals surface area contributed by atoms with Crippen molar-refractivity contribution in [3.8, 4) is 0 Å². The average molecular weight is 290 g/mol. The number of aliphatic carboxylic acids is 1. The lowest BCUT2D eigenvalue weighted by Crippen LogP contribution is -2.35. The standard InChI is InChI=1S/C14H12NO4P/c16-13(17)14(20(18)19,11-6-2-1-3-7-11)10-12-8-4-5-9-15-12/h1-9H,10H2,(H-,16,17,18,19)/p+1. The van der Waals surface area contributed by atoms with Crippen LogP contribution in [-0.4, -0.2) is 21.0 Å². The maximum atomic E-state index is 11.8. The van der Waals surface area contributed by atoms with E-state index in [-0.39, 0.29) is 6.42 Å². The molecule has 2 aromatic rings. The lowest BCUT2D eigenvalue weighted by Gasteiger charge is -2.17. The molecule has 0 saturated carbocycles. The van der Waals surface area contributed by atoms with Crippen molar-refractivity contribution in [3.05, 3.63) is 66.0 Å². The second-order valence-electron chi connectivity index (χ2n) is 4.30. The number of aromatic nitrogens is 1. The fourth-order valence-corrected chi connectivity index (χ4v) is 2.87. The summed E-state index contributed by atoms with van der Waals surface area (Å²) < 4.78 is 11.8. The molecule has 1 heterocycles. The predicted octanol–water partition coefficient (Wildman–Crippen LogP) is 2.34. The van der Waals surface area contributed by atoms with E-state index in [0.717, 1.165) is 0 Å². The molecule has 0 radical (unpaired) electrons. The molecule has 2 atom stereocenters. The number of rotatable bonds is 5. The summed E-state index contributed by atoms with van der Waals surface area (Å²) >= 11 is 0. The molecule has 0 amide bonds. The summed E-state index contributed by atoms with van der Waals surface area (Å²) in [5.74, 6) is -1.34. The Hall–Kier alpha value is -2.10. The Bertz CT molecular complexity index is 602. The lowest BCUT2D eigenvalue weighted by molar-refractivity contribution is -0.140. The Kier molecular flexibility index (Phi) is 4.23. The van der Waals surface area contributed by atoms with E-state index in [2.05, 4.69) is 4.98 Å². The predicted molar refractivity (Wildman–Crippen MR) is 73.5 cm³/mol. The second-order valence-corrected chi connectivity index (χ2v) is 5.61. The molecule has 0 aliphatic heterocycles. The topological polar surface area (TPSA) is 87.5 Å². The SMILES string of the molecule is O=C(O)C(Cc1ccccn1)(c1ccccc1)[P+](=O)O. The van der Waals surface area contributed by atoms with Crippen LogP contribution < -0.4 is 0 Å². The van der Waals surface area contributed by atoms with Crippen molar-refractivity contribution in [3.63, 3.8) is 0 Å². The number of carboxylic acid groups (broad SMARTS) is 1. The Morgan fingerprint density at radius 1 is 1.15 bits per heavy atom. The summed E-state index contributed by atoms with van der Waals surface area (Å²) in [4.78, 5) is 25.4. The van der Waals surface area contributed by atoms with Crippen LogP contribution >= 0.6 is 8.03 Å². The molecule has 0 saturated heterocycles. The molecule has 0 bridgehead atoms. The summed E-state index contributed by atoms with van der Waals surface area (Å²) in [7, 11) is -2.98. The van der Waals surface area contributed by atoms with E-state index in [1.54, 1.807) is 48.5 Å². The molecule has 1 aromatic carbocycles. The van der Waals surface area contributed by atoms with E-state index < -0.39 is 19.2 Å². The van der Waals surface area contributed by atoms with Gasteiger partial charge in [-0.15, -0.1) is 0 Å². The quantitative estimate of drug-likeness (QED) is 0.825. The van der Waals surface area contributed by atoms with E-state index >= 15 is 0 Å². The van der Waals surface area contributed by atoms with Crippen molar-refractivity contribution in [2.45, 2.75) is 11.6 Å². The third-order valence-electron chi connectivity index (χ3n) is 3.09. The highest BCUT2D eigenvalue weighted by Gasteiger charge is 2.58. The first-order valence-electron chi connectivity index (χ1n) is 5.92. The van der Waals surface area contributed by atoms with Gasteiger partial charge in [-0.2, -0.15) is 4.89 Å². The van der Waals surface area contributed by atoms with Gasteiger partial charge in [0.15, 0.2) is 0 Å².